The summed E-state index contributed by atoms with van der Waals surface area (Å²) in [5.41, 5.74) is 2.25. The Morgan fingerprint density at radius 2 is 2.05 bits per heavy atom. The predicted octanol–water partition coefficient (Wildman–Crippen LogP) is 3.13. The maximum absolute atomic E-state index is 13.9. The second kappa shape index (κ2) is 6.13. The van der Waals surface area contributed by atoms with Crippen LogP contribution in [0.25, 0.3) is 0 Å². The molecule has 108 valence electrons. The fourth-order valence-electron chi connectivity index (χ4n) is 2.34. The van der Waals surface area contributed by atoms with E-state index < -0.39 is 11.6 Å². The summed E-state index contributed by atoms with van der Waals surface area (Å²) in [5, 5.41) is 7.55. The molecule has 0 aliphatic rings. The molecule has 0 bridgehead atoms. The van der Waals surface area contributed by atoms with Crippen LogP contribution in [0.3, 0.4) is 0 Å². The molecule has 1 heterocycles. The number of aromatic nitrogens is 2. The van der Waals surface area contributed by atoms with Gasteiger partial charge in [-0.15, -0.1) is 0 Å². The number of aryl methyl sites for hydroxylation is 2. The summed E-state index contributed by atoms with van der Waals surface area (Å²) in [4.78, 5) is 0. The molecule has 1 atom stereocenters. The number of likely N-dealkylation sites (N-methyl/N-ethyl adjacent to an activating group) is 1. The van der Waals surface area contributed by atoms with Crippen molar-refractivity contribution in [2.75, 3.05) is 6.54 Å². The summed E-state index contributed by atoms with van der Waals surface area (Å²) < 4.78 is 29.1. The molecule has 5 heteroatoms. The van der Waals surface area contributed by atoms with Gasteiger partial charge in [-0.05, 0) is 32.5 Å². The SMILES string of the molecule is CCNC(Cn1nc(C)cc1C)c1cccc(F)c1F. The minimum Gasteiger partial charge on any atom is -0.309 e. The first-order chi connectivity index (χ1) is 9.52. The van der Waals surface area contributed by atoms with Gasteiger partial charge in [0.15, 0.2) is 11.6 Å². The Hall–Kier alpha value is -1.75. The maximum Gasteiger partial charge on any atom is 0.163 e. The molecule has 2 rings (SSSR count). The zero-order valence-electron chi connectivity index (χ0n) is 12.0. The highest BCUT2D eigenvalue weighted by Gasteiger charge is 2.19. The summed E-state index contributed by atoms with van der Waals surface area (Å²) in [6, 6.07) is 5.92. The number of rotatable bonds is 5. The van der Waals surface area contributed by atoms with Gasteiger partial charge in [0.25, 0.3) is 0 Å². The molecule has 0 saturated heterocycles. The Morgan fingerprint density at radius 1 is 1.30 bits per heavy atom. The number of hydrogen-bond donors (Lipinski definition) is 1. The number of nitrogens with zero attached hydrogens (tertiary/aromatic N) is 2. The van der Waals surface area contributed by atoms with Gasteiger partial charge in [0.2, 0.25) is 0 Å². The molecule has 1 unspecified atom stereocenters. The van der Waals surface area contributed by atoms with Crippen molar-refractivity contribution in [3.63, 3.8) is 0 Å². The molecule has 0 radical (unpaired) electrons. The van der Waals surface area contributed by atoms with Crippen molar-refractivity contribution in [3.8, 4) is 0 Å². The van der Waals surface area contributed by atoms with E-state index in [1.807, 2.05) is 31.5 Å². The molecule has 1 N–H and O–H groups in total. The van der Waals surface area contributed by atoms with E-state index in [2.05, 4.69) is 10.4 Å². The Kier molecular flexibility index (Phi) is 4.49. The molecule has 20 heavy (non-hydrogen) atoms. The van der Waals surface area contributed by atoms with Crippen LogP contribution in [0.4, 0.5) is 8.78 Å². The Labute approximate surface area is 117 Å². The summed E-state index contributed by atoms with van der Waals surface area (Å²) in [6.07, 6.45) is 0. The molecular formula is C15H19F2N3. The van der Waals surface area contributed by atoms with Gasteiger partial charge in [-0.25, -0.2) is 8.78 Å². The average Bonchev–Trinajstić information content (AvgIpc) is 2.71. The van der Waals surface area contributed by atoms with Crippen molar-refractivity contribution < 1.29 is 8.78 Å². The van der Waals surface area contributed by atoms with Crippen LogP contribution in [-0.2, 0) is 6.54 Å². The lowest BCUT2D eigenvalue weighted by Gasteiger charge is -2.20. The normalized spacial score (nSPS) is 12.7. The van der Waals surface area contributed by atoms with Gasteiger partial charge in [-0.2, -0.15) is 5.10 Å². The second-order valence-corrected chi connectivity index (χ2v) is 4.86. The number of nitrogens with one attached hydrogen (secondary N) is 1. The minimum absolute atomic E-state index is 0.311. The quantitative estimate of drug-likeness (QED) is 0.911. The number of benzene rings is 1. The van der Waals surface area contributed by atoms with Crippen LogP contribution in [0.15, 0.2) is 24.3 Å². The molecule has 0 fully saturated rings. The fraction of sp³-hybridized carbons (Fsp3) is 0.400. The Bertz CT molecular complexity index is 593. The largest absolute Gasteiger partial charge is 0.309 e. The van der Waals surface area contributed by atoms with Crippen LogP contribution in [0, 0.1) is 25.5 Å². The summed E-state index contributed by atoms with van der Waals surface area (Å²) >= 11 is 0. The van der Waals surface area contributed by atoms with Gasteiger partial charge in [0, 0.05) is 11.3 Å². The van der Waals surface area contributed by atoms with E-state index in [0.29, 0.717) is 18.7 Å². The van der Waals surface area contributed by atoms with E-state index in [-0.39, 0.29) is 6.04 Å². The molecule has 1 aromatic carbocycles. The van der Waals surface area contributed by atoms with Gasteiger partial charge in [0.05, 0.1) is 18.3 Å². The van der Waals surface area contributed by atoms with E-state index >= 15 is 0 Å². The lowest BCUT2D eigenvalue weighted by atomic mass is 10.1. The first-order valence-electron chi connectivity index (χ1n) is 6.71. The highest BCUT2D eigenvalue weighted by Crippen LogP contribution is 2.21. The van der Waals surface area contributed by atoms with Crippen LogP contribution < -0.4 is 5.32 Å². The highest BCUT2D eigenvalue weighted by molar-refractivity contribution is 5.23. The molecular weight excluding hydrogens is 260 g/mol. The van der Waals surface area contributed by atoms with Crippen LogP contribution in [0.2, 0.25) is 0 Å². The molecule has 2 aromatic rings. The maximum atomic E-state index is 13.9. The third-order valence-electron chi connectivity index (χ3n) is 3.27. The van der Waals surface area contributed by atoms with E-state index in [1.54, 1.807) is 6.07 Å². The molecule has 0 aliphatic heterocycles. The van der Waals surface area contributed by atoms with Crippen LogP contribution in [-0.4, -0.2) is 16.3 Å². The van der Waals surface area contributed by atoms with Crippen LogP contribution in [0.5, 0.6) is 0 Å². The zero-order valence-corrected chi connectivity index (χ0v) is 12.0. The lowest BCUT2D eigenvalue weighted by molar-refractivity contribution is 0.413. The lowest BCUT2D eigenvalue weighted by Crippen LogP contribution is -2.27. The fourth-order valence-corrected chi connectivity index (χ4v) is 2.34. The molecule has 3 nitrogen and oxygen atoms in total. The van der Waals surface area contributed by atoms with Crippen molar-refractivity contribution in [3.05, 3.63) is 52.9 Å². The second-order valence-electron chi connectivity index (χ2n) is 4.86. The summed E-state index contributed by atoms with van der Waals surface area (Å²) in [5.74, 6) is -1.61. The average molecular weight is 279 g/mol. The van der Waals surface area contributed by atoms with Crippen molar-refractivity contribution in [2.45, 2.75) is 33.4 Å². The van der Waals surface area contributed by atoms with Crippen molar-refractivity contribution in [1.82, 2.24) is 15.1 Å². The van der Waals surface area contributed by atoms with E-state index in [0.717, 1.165) is 17.5 Å². The molecule has 0 saturated carbocycles. The van der Waals surface area contributed by atoms with Gasteiger partial charge < -0.3 is 5.32 Å². The summed E-state index contributed by atoms with van der Waals surface area (Å²) in [6.45, 7) is 6.93. The van der Waals surface area contributed by atoms with E-state index in [4.69, 9.17) is 0 Å². The van der Waals surface area contributed by atoms with Gasteiger partial charge >= 0.3 is 0 Å². The molecule has 0 amide bonds. The van der Waals surface area contributed by atoms with Crippen molar-refractivity contribution in [1.29, 1.82) is 0 Å². The Morgan fingerprint density at radius 3 is 2.65 bits per heavy atom. The first-order valence-corrected chi connectivity index (χ1v) is 6.71. The Balaban J connectivity index is 2.31. The smallest absolute Gasteiger partial charge is 0.163 e. The predicted molar refractivity (Wildman–Crippen MR) is 74.5 cm³/mol. The highest BCUT2D eigenvalue weighted by atomic mass is 19.2. The van der Waals surface area contributed by atoms with Crippen molar-refractivity contribution in [2.24, 2.45) is 0 Å². The topological polar surface area (TPSA) is 29.9 Å². The van der Waals surface area contributed by atoms with Crippen LogP contribution in [0.1, 0.15) is 29.9 Å². The zero-order chi connectivity index (χ0) is 14.7. The van der Waals surface area contributed by atoms with Gasteiger partial charge in [0.1, 0.15) is 0 Å². The third kappa shape index (κ3) is 3.04. The minimum atomic E-state index is -0.821. The van der Waals surface area contributed by atoms with E-state index in [9.17, 15) is 8.78 Å². The van der Waals surface area contributed by atoms with E-state index in [1.165, 1.54) is 6.07 Å². The molecule has 0 spiro atoms. The van der Waals surface area contributed by atoms with Gasteiger partial charge in [-0.3, -0.25) is 4.68 Å². The summed E-state index contributed by atoms with van der Waals surface area (Å²) in [7, 11) is 0. The van der Waals surface area contributed by atoms with Crippen molar-refractivity contribution >= 4 is 0 Å². The molecule has 1 aromatic heterocycles. The van der Waals surface area contributed by atoms with Crippen LogP contribution >= 0.6 is 0 Å². The number of halogens is 2. The number of hydrogen-bond acceptors (Lipinski definition) is 2. The van der Waals surface area contributed by atoms with Gasteiger partial charge in [-0.1, -0.05) is 19.1 Å². The third-order valence-corrected chi connectivity index (χ3v) is 3.27. The first kappa shape index (κ1) is 14.7. The standard InChI is InChI=1S/C15H19F2N3/c1-4-18-14(9-20-11(3)8-10(2)19-20)12-6-5-7-13(16)15(12)17/h5-8,14,18H,4,9H2,1-3H3. The monoisotopic (exact) mass is 279 g/mol. The molecule has 0 aliphatic carbocycles.